The van der Waals surface area contributed by atoms with Crippen molar-refractivity contribution in [3.05, 3.63) is 187 Å². The Bertz CT molecular complexity index is 2590. The number of imidazole rings is 1. The van der Waals surface area contributed by atoms with Crippen LogP contribution in [-0.4, -0.2) is 114 Å². The van der Waals surface area contributed by atoms with Crippen molar-refractivity contribution >= 4 is 11.4 Å². The Morgan fingerprint density at radius 1 is 0.382 bits per heavy atom. The molecule has 0 N–H and O–H groups in total. The molecule has 12 heteroatoms. The summed E-state index contributed by atoms with van der Waals surface area (Å²) >= 11 is 0. The van der Waals surface area contributed by atoms with Gasteiger partial charge in [0.1, 0.15) is 30.5 Å². The summed E-state index contributed by atoms with van der Waals surface area (Å²) in [5.74, 6) is 0.668. The fourth-order valence-corrected chi connectivity index (χ4v) is 7.81. The number of hydrogen-bond acceptors (Lipinski definition) is 11. The van der Waals surface area contributed by atoms with Crippen LogP contribution in [0.2, 0.25) is 0 Å². The average molecular weight is 915 g/mol. The second kappa shape index (κ2) is 24.8. The number of aromatic nitrogens is 2. The Kier molecular flexibility index (Phi) is 17.4. The minimum absolute atomic E-state index is 0.371. The summed E-state index contributed by atoms with van der Waals surface area (Å²) in [5.41, 5.74) is 8.62. The van der Waals surface area contributed by atoms with E-state index in [1.54, 1.807) is 14.2 Å². The lowest BCUT2D eigenvalue weighted by atomic mass is 10.0. The Morgan fingerprint density at radius 2 is 0.765 bits per heavy atom. The van der Waals surface area contributed by atoms with E-state index in [2.05, 4.69) is 65.2 Å². The van der Waals surface area contributed by atoms with Gasteiger partial charge < -0.3 is 37.9 Å². The van der Waals surface area contributed by atoms with Gasteiger partial charge in [0.15, 0.2) is 0 Å². The van der Waals surface area contributed by atoms with Gasteiger partial charge in [0.05, 0.1) is 88.9 Å². The molecule has 0 radical (unpaired) electrons. The minimum Gasteiger partial charge on any atom is -0.491 e. The SMILES string of the molecule is COCCOCCOCCOc1ccc(-c2nc(-c3ccccc3)c(-c3ccccc3)n2C2(c3ccc(OCCOCCOCCOC)cc3)N=C(c3ccccc3)C(c3ccccc3)=N2)cc1. The normalized spacial score (nSPS) is 13.0. The highest BCUT2D eigenvalue weighted by Gasteiger charge is 2.45. The minimum atomic E-state index is -1.40. The van der Waals surface area contributed by atoms with Crippen LogP contribution < -0.4 is 9.47 Å². The van der Waals surface area contributed by atoms with Crippen LogP contribution in [0.3, 0.4) is 0 Å². The number of aliphatic imine (C=N–C) groups is 2. The van der Waals surface area contributed by atoms with Crippen LogP contribution in [-0.2, 0) is 34.2 Å². The molecule has 8 rings (SSSR count). The van der Waals surface area contributed by atoms with Gasteiger partial charge in [-0.1, -0.05) is 121 Å². The van der Waals surface area contributed by atoms with Crippen molar-refractivity contribution in [1.82, 2.24) is 9.55 Å². The van der Waals surface area contributed by atoms with Crippen molar-refractivity contribution in [2.75, 3.05) is 93.5 Å². The maximum absolute atomic E-state index is 6.21. The fraction of sp³-hybridized carbons (Fsp3) is 0.268. The highest BCUT2D eigenvalue weighted by atomic mass is 16.6. The van der Waals surface area contributed by atoms with Crippen molar-refractivity contribution in [2.24, 2.45) is 9.98 Å². The zero-order valence-electron chi connectivity index (χ0n) is 38.7. The van der Waals surface area contributed by atoms with E-state index in [0.717, 1.165) is 56.2 Å². The molecule has 6 aromatic carbocycles. The van der Waals surface area contributed by atoms with Crippen LogP contribution >= 0.6 is 0 Å². The molecule has 0 spiro atoms. The van der Waals surface area contributed by atoms with Gasteiger partial charge in [0.2, 0.25) is 0 Å². The van der Waals surface area contributed by atoms with Gasteiger partial charge in [-0.2, -0.15) is 0 Å². The summed E-state index contributed by atoms with van der Waals surface area (Å²) in [6.07, 6.45) is 0. The molecule has 7 aromatic rings. The Hall–Kier alpha value is -6.77. The molecule has 0 amide bonds. The molecular formula is C56H58N4O8. The van der Waals surface area contributed by atoms with Crippen LogP contribution in [0.4, 0.5) is 0 Å². The van der Waals surface area contributed by atoms with Crippen LogP contribution in [0.1, 0.15) is 16.7 Å². The van der Waals surface area contributed by atoms with Crippen LogP contribution in [0, 0.1) is 0 Å². The van der Waals surface area contributed by atoms with E-state index in [0.29, 0.717) is 96.6 Å². The fourth-order valence-electron chi connectivity index (χ4n) is 7.81. The van der Waals surface area contributed by atoms with E-state index >= 15 is 0 Å². The predicted molar refractivity (Wildman–Crippen MR) is 266 cm³/mol. The Morgan fingerprint density at radius 3 is 1.21 bits per heavy atom. The Labute approximate surface area is 398 Å². The standard InChI is InChI=1S/C56H58N4O8/c1-61-31-33-63-35-37-65-39-41-67-49-27-23-47(24-28-49)55-57-53(45-19-11-5-12-20-45)54(46-21-13-6-14-22-46)60(55)56(48-25-29-50(30-26-48)68-42-40-66-38-36-64-34-32-62-2)58-51(43-15-7-3-8-16-43)52(59-56)44-17-9-4-10-18-44/h3-30H,31-42H2,1-2H3. The molecule has 0 fully saturated rings. The van der Waals surface area contributed by atoms with E-state index in [4.69, 9.17) is 52.9 Å². The maximum Gasteiger partial charge on any atom is 0.261 e. The van der Waals surface area contributed by atoms with Gasteiger partial charge in [-0.25, -0.2) is 15.0 Å². The lowest BCUT2D eigenvalue weighted by molar-refractivity contribution is 0.0179. The third kappa shape index (κ3) is 12.0. The second-order valence-corrected chi connectivity index (χ2v) is 15.7. The zero-order chi connectivity index (χ0) is 46.6. The van der Waals surface area contributed by atoms with Crippen molar-refractivity contribution in [3.8, 4) is 45.4 Å². The first-order chi connectivity index (χ1) is 33.7. The zero-order valence-corrected chi connectivity index (χ0v) is 38.7. The number of benzene rings is 6. The molecular weight excluding hydrogens is 857 g/mol. The lowest BCUT2D eigenvalue weighted by Crippen LogP contribution is -2.31. The molecule has 350 valence electrons. The third-order valence-corrected chi connectivity index (χ3v) is 11.1. The first-order valence-electron chi connectivity index (χ1n) is 23.0. The predicted octanol–water partition coefficient (Wildman–Crippen LogP) is 9.65. The van der Waals surface area contributed by atoms with Crippen molar-refractivity contribution in [3.63, 3.8) is 0 Å². The quantitative estimate of drug-likeness (QED) is 0.0465. The van der Waals surface area contributed by atoms with E-state index in [-0.39, 0.29) is 0 Å². The third-order valence-electron chi connectivity index (χ3n) is 11.1. The summed E-state index contributed by atoms with van der Waals surface area (Å²) in [5, 5.41) is 0. The molecule has 0 saturated carbocycles. The summed E-state index contributed by atoms with van der Waals surface area (Å²) in [6, 6.07) is 57.2. The molecule has 2 heterocycles. The lowest BCUT2D eigenvalue weighted by Gasteiger charge is -2.30. The van der Waals surface area contributed by atoms with Crippen molar-refractivity contribution < 1.29 is 37.9 Å². The van der Waals surface area contributed by atoms with Crippen LogP contribution in [0.15, 0.2) is 180 Å². The topological polar surface area (TPSA) is 116 Å². The molecule has 0 bridgehead atoms. The van der Waals surface area contributed by atoms with E-state index < -0.39 is 5.79 Å². The monoisotopic (exact) mass is 914 g/mol. The molecule has 1 aromatic heterocycles. The molecule has 12 nitrogen and oxygen atoms in total. The van der Waals surface area contributed by atoms with Crippen molar-refractivity contribution in [2.45, 2.75) is 5.79 Å². The smallest absolute Gasteiger partial charge is 0.261 e. The first kappa shape index (κ1) is 47.7. The van der Waals surface area contributed by atoms with E-state index in [9.17, 15) is 0 Å². The molecule has 1 aliphatic rings. The Balaban J connectivity index is 1.23. The number of ether oxygens (including phenoxy) is 8. The molecule has 68 heavy (non-hydrogen) atoms. The largest absolute Gasteiger partial charge is 0.491 e. The van der Waals surface area contributed by atoms with Gasteiger partial charge in [-0.3, -0.25) is 4.57 Å². The average Bonchev–Trinajstić information content (AvgIpc) is 4.01. The van der Waals surface area contributed by atoms with E-state index in [1.807, 2.05) is 109 Å². The number of hydrogen-bond donors (Lipinski definition) is 0. The molecule has 0 atom stereocenters. The van der Waals surface area contributed by atoms with Crippen LogP contribution in [0.25, 0.3) is 33.9 Å². The summed E-state index contributed by atoms with van der Waals surface area (Å²) in [6.45, 7) is 5.70. The molecule has 0 aliphatic carbocycles. The van der Waals surface area contributed by atoms with Crippen molar-refractivity contribution in [1.29, 1.82) is 0 Å². The highest BCUT2D eigenvalue weighted by Crippen LogP contribution is 2.47. The second-order valence-electron chi connectivity index (χ2n) is 15.7. The summed E-state index contributed by atoms with van der Waals surface area (Å²) < 4.78 is 47.2. The number of methoxy groups -OCH3 is 2. The van der Waals surface area contributed by atoms with Gasteiger partial charge >= 0.3 is 0 Å². The molecule has 0 unspecified atom stereocenters. The molecule has 1 aliphatic heterocycles. The van der Waals surface area contributed by atoms with Gasteiger partial charge in [0, 0.05) is 47.6 Å². The highest BCUT2D eigenvalue weighted by molar-refractivity contribution is 6.54. The van der Waals surface area contributed by atoms with Crippen LogP contribution in [0.5, 0.6) is 11.5 Å². The maximum atomic E-state index is 6.21. The number of nitrogens with zero attached hydrogens (tertiary/aromatic N) is 4. The molecule has 0 saturated heterocycles. The summed E-state index contributed by atoms with van der Waals surface area (Å²) in [7, 11) is 3.31. The number of rotatable bonds is 27. The first-order valence-corrected chi connectivity index (χ1v) is 23.0. The van der Waals surface area contributed by atoms with Gasteiger partial charge in [0.25, 0.3) is 5.79 Å². The van der Waals surface area contributed by atoms with Gasteiger partial charge in [-0.15, -0.1) is 0 Å². The van der Waals surface area contributed by atoms with Gasteiger partial charge in [-0.05, 0) is 48.5 Å². The summed E-state index contributed by atoms with van der Waals surface area (Å²) in [4.78, 5) is 17.2. The van der Waals surface area contributed by atoms with E-state index in [1.165, 1.54) is 0 Å².